The van der Waals surface area contributed by atoms with E-state index in [9.17, 15) is 0 Å². The zero-order valence-corrected chi connectivity index (χ0v) is 37.9. The lowest BCUT2D eigenvalue weighted by molar-refractivity contribution is 0.794. The third-order valence-corrected chi connectivity index (χ3v) is 13.7. The van der Waals surface area contributed by atoms with Crippen molar-refractivity contribution >= 4 is 13.4 Å². The molecule has 1 aromatic heterocycles. The molecule has 3 nitrogen and oxygen atoms in total. The number of fused-ring (bicyclic) bond motifs is 10. The molecule has 1 heterocycles. The van der Waals surface area contributed by atoms with E-state index in [1.54, 1.807) is 0 Å². The van der Waals surface area contributed by atoms with Crippen molar-refractivity contribution in [2.45, 2.75) is 5.41 Å². The van der Waals surface area contributed by atoms with Crippen molar-refractivity contribution in [2.24, 2.45) is 0 Å². The molecular weight excluding hydrogens is 843 g/mol. The Hall–Kier alpha value is -8.44. The van der Waals surface area contributed by atoms with Crippen molar-refractivity contribution in [3.8, 4) is 101 Å². The molecule has 1 spiro atoms. The van der Waals surface area contributed by atoms with Gasteiger partial charge in [0.15, 0.2) is 17.5 Å². The summed E-state index contributed by atoms with van der Waals surface area (Å²) in [4.78, 5) is 16.4. The van der Waals surface area contributed by atoms with Gasteiger partial charge in [-0.15, -0.1) is 0 Å². The van der Waals surface area contributed by atoms with Crippen LogP contribution in [0.5, 0.6) is 0 Å². The molecule has 4 heteroatoms. The molecule has 0 fully saturated rings. The summed E-state index contributed by atoms with van der Waals surface area (Å²) in [5.74, 6) is 1.83. The van der Waals surface area contributed by atoms with Crippen LogP contribution >= 0.6 is 13.4 Å². The van der Waals surface area contributed by atoms with Crippen LogP contribution in [-0.4, -0.2) is 16.1 Å². The Balaban J connectivity index is 0.00000243. The highest BCUT2D eigenvalue weighted by molar-refractivity contribution is 7.59. The molecule has 2 aliphatic rings. The first-order valence-electron chi connectivity index (χ1n) is 23.4. The van der Waals surface area contributed by atoms with Crippen molar-refractivity contribution in [1.29, 1.82) is 1.12 Å². The number of hydrogen-bond donors (Lipinski definition) is 0. The zero-order chi connectivity index (χ0) is 46.3. The van der Waals surface area contributed by atoms with E-state index >= 15 is 0 Å². The minimum Gasteiger partial charge on any atom is -0.208 e. The molecule has 0 atom stereocenters. The van der Waals surface area contributed by atoms with E-state index in [0.717, 1.165) is 61.2 Å². The van der Waals surface area contributed by atoms with Crippen LogP contribution in [0.25, 0.3) is 101 Å². The molecule has 0 radical (unpaired) electrons. The van der Waals surface area contributed by atoms with Crippen LogP contribution in [0.1, 0.15) is 22.3 Å². The third-order valence-electron chi connectivity index (χ3n) is 13.7. The quantitative estimate of drug-likeness (QED) is 0.160. The first-order valence-corrected chi connectivity index (χ1v) is 22.9. The maximum Gasteiger partial charge on any atom is 0.164 e. The van der Waals surface area contributed by atoms with E-state index in [4.69, 9.17) is 16.1 Å². The molecule has 0 bridgehead atoms. The predicted molar refractivity (Wildman–Crippen MR) is 285 cm³/mol. The van der Waals surface area contributed by atoms with Crippen LogP contribution in [0.2, 0.25) is 0 Å². The Kier molecular flexibility index (Phi) is 9.84. The fourth-order valence-electron chi connectivity index (χ4n) is 10.7. The molecule has 2 aliphatic carbocycles. The topological polar surface area (TPSA) is 38.7 Å². The lowest BCUT2D eigenvalue weighted by atomic mass is 9.70. The molecule has 13 rings (SSSR count). The fourth-order valence-corrected chi connectivity index (χ4v) is 10.7. The minimum atomic E-state index is -0.503. The summed E-state index contributed by atoms with van der Waals surface area (Å²) in [5.41, 5.74) is 21.3. The number of nitrogens with zero attached hydrogens (tertiary/aromatic N) is 3. The lowest BCUT2D eigenvalue weighted by Crippen LogP contribution is -2.25. The third kappa shape index (κ3) is 6.72. The minimum absolute atomic E-state index is 0.503. The van der Waals surface area contributed by atoms with E-state index < -0.39 is 5.41 Å². The van der Waals surface area contributed by atoms with Gasteiger partial charge in [0.2, 0.25) is 0 Å². The SMILES string of the molecule is [3H]S.c1ccc(-c2cc(-c3ccccc3)cc(-c3nc(-c4cc(-c5ccccc5)cc(-c5ccccc5)c4)nc(-c4ccc5c(c4)C4(c6ccccc6-c6ccccc64)c4ccccc4-5)n3)c2)cc1. The average Bonchev–Trinajstić information content (AvgIpc) is 3.91. The highest BCUT2D eigenvalue weighted by Gasteiger charge is 2.51. The first kappa shape index (κ1) is 39.9. The van der Waals surface area contributed by atoms with Crippen LogP contribution in [-0.2, 0) is 5.41 Å². The number of hydrogen-bond acceptors (Lipinski definition) is 3. The molecule has 0 aliphatic heterocycles. The number of aromatic nitrogens is 3. The van der Waals surface area contributed by atoms with Crippen molar-refractivity contribution in [1.82, 2.24) is 15.0 Å². The van der Waals surface area contributed by atoms with E-state index in [2.05, 4.69) is 262 Å². The Morgan fingerprint density at radius 1 is 0.235 bits per heavy atom. The summed E-state index contributed by atoms with van der Waals surface area (Å²) < 4.78 is 5.44. The van der Waals surface area contributed by atoms with Gasteiger partial charge in [0.25, 0.3) is 0 Å². The molecular formula is C64H43N3S. The Morgan fingerprint density at radius 3 is 0.868 bits per heavy atom. The summed E-state index contributed by atoms with van der Waals surface area (Å²) in [6.45, 7) is 0. The molecule has 0 saturated heterocycles. The van der Waals surface area contributed by atoms with Crippen LogP contribution in [0.15, 0.2) is 249 Å². The molecule has 11 aromatic rings. The highest BCUT2D eigenvalue weighted by Crippen LogP contribution is 2.63. The fraction of sp³-hybridized carbons (Fsp3) is 0.0156. The van der Waals surface area contributed by atoms with E-state index in [1.807, 2.05) is 0 Å². The van der Waals surface area contributed by atoms with Gasteiger partial charge >= 0.3 is 0 Å². The Morgan fingerprint density at radius 2 is 0.515 bits per heavy atom. The van der Waals surface area contributed by atoms with Gasteiger partial charge in [0.1, 0.15) is 0 Å². The standard InChI is InChI=1S/C64H41N3.H2S/c1-5-19-42(20-6-1)47-35-48(43-21-7-2-8-22-43)38-51(37-47)62-65-61(66-63(67-62)52-39-49(44-23-9-3-10-24-44)36-50(40-52)45-25-11-4-12-26-45)46-33-34-56-55-29-15-18-32-59(55)64(60(56)41-46)57-30-16-13-27-53(57)54-28-14-17-31-58(54)64;/h1-41H;1H2/i/hT. The summed E-state index contributed by atoms with van der Waals surface area (Å²) in [7, 11) is 0. The van der Waals surface area contributed by atoms with Gasteiger partial charge in [-0.1, -0.05) is 206 Å². The summed E-state index contributed by atoms with van der Waals surface area (Å²) >= 11 is 2.78. The lowest BCUT2D eigenvalue weighted by Gasteiger charge is -2.30. The molecule has 0 unspecified atom stereocenters. The first-order chi connectivity index (χ1) is 34.2. The normalized spacial score (nSPS) is 12.5. The molecule has 320 valence electrons. The maximum atomic E-state index is 5.49. The monoisotopic (exact) mass is 887 g/mol. The van der Waals surface area contributed by atoms with Crippen molar-refractivity contribution < 1.29 is 0 Å². The Labute approximate surface area is 404 Å². The van der Waals surface area contributed by atoms with Crippen LogP contribution in [0.3, 0.4) is 0 Å². The highest BCUT2D eigenvalue weighted by atomic mass is 32.1. The van der Waals surface area contributed by atoms with Crippen LogP contribution in [0, 0.1) is 0 Å². The van der Waals surface area contributed by atoms with Crippen molar-refractivity contribution in [2.75, 3.05) is 0 Å². The van der Waals surface area contributed by atoms with Crippen molar-refractivity contribution in [3.63, 3.8) is 0 Å². The van der Waals surface area contributed by atoms with Gasteiger partial charge in [-0.3, -0.25) is 0 Å². The number of rotatable bonds is 7. The van der Waals surface area contributed by atoms with Crippen LogP contribution in [0.4, 0.5) is 0 Å². The average molecular weight is 888 g/mol. The predicted octanol–water partition coefficient (Wildman–Crippen LogP) is 16.0. The largest absolute Gasteiger partial charge is 0.208 e. The maximum absolute atomic E-state index is 5.49. The summed E-state index contributed by atoms with van der Waals surface area (Å²) in [6, 6.07) is 89.4. The van der Waals surface area contributed by atoms with E-state index in [1.165, 1.54) is 44.5 Å². The molecule has 0 N–H and O–H groups in total. The second-order valence-corrected chi connectivity index (χ2v) is 17.5. The van der Waals surface area contributed by atoms with Gasteiger partial charge in [-0.05, 0) is 131 Å². The van der Waals surface area contributed by atoms with Crippen LogP contribution < -0.4 is 0 Å². The smallest absolute Gasteiger partial charge is 0.164 e. The number of benzene rings is 10. The second-order valence-electron chi connectivity index (χ2n) is 17.5. The van der Waals surface area contributed by atoms with E-state index in [-0.39, 0.29) is 0 Å². The van der Waals surface area contributed by atoms with Gasteiger partial charge in [0, 0.05) is 16.7 Å². The Bertz CT molecular complexity index is 3370. The van der Waals surface area contributed by atoms with Gasteiger partial charge in [-0.2, -0.15) is 13.4 Å². The van der Waals surface area contributed by atoms with Gasteiger partial charge in [0.05, 0.1) is 6.54 Å². The molecule has 0 amide bonds. The van der Waals surface area contributed by atoms with Crippen molar-refractivity contribution in [3.05, 3.63) is 271 Å². The summed E-state index contributed by atoms with van der Waals surface area (Å²) in [6.07, 6.45) is 0. The molecule has 10 aromatic carbocycles. The molecule has 0 saturated carbocycles. The van der Waals surface area contributed by atoms with Gasteiger partial charge < -0.3 is 0 Å². The van der Waals surface area contributed by atoms with E-state index in [0.29, 0.717) is 17.5 Å². The molecule has 68 heavy (non-hydrogen) atoms. The zero-order valence-electron chi connectivity index (χ0n) is 38.0. The summed E-state index contributed by atoms with van der Waals surface area (Å²) in [5, 5.41) is 0. The van der Waals surface area contributed by atoms with Gasteiger partial charge in [-0.25, -0.2) is 15.0 Å². The second kappa shape index (κ2) is 16.8.